The van der Waals surface area contributed by atoms with Crippen LogP contribution < -0.4 is 0 Å². The summed E-state index contributed by atoms with van der Waals surface area (Å²) in [6.07, 6.45) is 17.3. The van der Waals surface area contributed by atoms with Crippen molar-refractivity contribution in [3.05, 3.63) is 48.6 Å². The number of hydrogen-bond donors (Lipinski definition) is 4. The minimum Gasteiger partial charge on any atom is -0.481 e. The van der Waals surface area contributed by atoms with Gasteiger partial charge >= 0.3 is 5.97 Å². The molecule has 1 aliphatic carbocycles. The molecule has 1 rings (SSSR count). The first-order valence-electron chi connectivity index (χ1n) is 9.85. The van der Waals surface area contributed by atoms with Gasteiger partial charge in [0.2, 0.25) is 0 Å². The van der Waals surface area contributed by atoms with Gasteiger partial charge in [-0.15, -0.1) is 0 Å². The van der Waals surface area contributed by atoms with E-state index in [9.17, 15) is 20.1 Å². The first-order chi connectivity index (χ1) is 13.0. The molecule has 0 unspecified atom stereocenters. The molecule has 0 amide bonds. The summed E-state index contributed by atoms with van der Waals surface area (Å²) in [5.74, 6) is -1.17. The topological polar surface area (TPSA) is 98.0 Å². The van der Waals surface area contributed by atoms with Crippen LogP contribution in [0.15, 0.2) is 48.6 Å². The van der Waals surface area contributed by atoms with Crippen LogP contribution in [0, 0.1) is 11.8 Å². The first-order valence-corrected chi connectivity index (χ1v) is 9.85. The maximum absolute atomic E-state index is 10.5. The highest BCUT2D eigenvalue weighted by molar-refractivity contribution is 5.66. The number of carboxylic acids is 1. The summed E-state index contributed by atoms with van der Waals surface area (Å²) in [7, 11) is 0. The Morgan fingerprint density at radius 1 is 1.07 bits per heavy atom. The van der Waals surface area contributed by atoms with E-state index in [0.29, 0.717) is 25.7 Å². The van der Waals surface area contributed by atoms with Crippen molar-refractivity contribution in [1.82, 2.24) is 0 Å². The van der Waals surface area contributed by atoms with E-state index in [-0.39, 0.29) is 18.3 Å². The molecule has 0 aromatic rings. The molecule has 0 aromatic carbocycles. The molecular weight excluding hydrogens is 344 g/mol. The number of aliphatic hydroxyl groups excluding tert-OH is 3. The largest absolute Gasteiger partial charge is 0.481 e. The van der Waals surface area contributed by atoms with Crippen LogP contribution in [-0.2, 0) is 4.79 Å². The van der Waals surface area contributed by atoms with Crippen LogP contribution in [-0.4, -0.2) is 44.7 Å². The highest BCUT2D eigenvalue weighted by Crippen LogP contribution is 2.36. The molecule has 152 valence electrons. The lowest BCUT2D eigenvalue weighted by Crippen LogP contribution is -2.20. The van der Waals surface area contributed by atoms with Gasteiger partial charge in [0.05, 0.1) is 18.3 Å². The van der Waals surface area contributed by atoms with Crippen LogP contribution in [0.5, 0.6) is 0 Å². The second kappa shape index (κ2) is 13.5. The number of hydrogen-bond acceptors (Lipinski definition) is 4. The maximum atomic E-state index is 10.5. The minimum atomic E-state index is -0.832. The molecule has 5 heteroatoms. The zero-order valence-corrected chi connectivity index (χ0v) is 16.2. The second-order valence-electron chi connectivity index (χ2n) is 7.03. The standard InChI is InChI=1S/C22H34O5/c1-2-3-4-5-6-8-11-17(23)14-15-19-18(20(24)16-21(19)25)12-9-7-10-13-22(26)27/h3-4,6-9,14-15,17-21,23-25H,2,5,10-13,16H2,1H3,(H,26,27)/b4-3-,8-6-,9-7-,15-14+/t17-,18+,19+,20-,21+/m0/s1. The molecule has 0 radical (unpaired) electrons. The third-order valence-electron chi connectivity index (χ3n) is 4.79. The molecule has 0 spiro atoms. The lowest BCUT2D eigenvalue weighted by atomic mass is 9.89. The van der Waals surface area contributed by atoms with Gasteiger partial charge in [-0.05, 0) is 38.0 Å². The Bertz CT molecular complexity index is 535. The molecule has 5 atom stereocenters. The molecule has 0 saturated heterocycles. The summed E-state index contributed by atoms with van der Waals surface area (Å²) in [4.78, 5) is 10.5. The molecular formula is C22H34O5. The Labute approximate surface area is 162 Å². The predicted molar refractivity (Wildman–Crippen MR) is 107 cm³/mol. The monoisotopic (exact) mass is 378 g/mol. The van der Waals surface area contributed by atoms with Gasteiger partial charge in [-0.2, -0.15) is 0 Å². The van der Waals surface area contributed by atoms with E-state index < -0.39 is 24.3 Å². The number of rotatable bonds is 12. The minimum absolute atomic E-state index is 0.0869. The molecule has 1 saturated carbocycles. The van der Waals surface area contributed by atoms with Gasteiger partial charge < -0.3 is 20.4 Å². The Morgan fingerprint density at radius 3 is 2.52 bits per heavy atom. The van der Waals surface area contributed by atoms with Crippen molar-refractivity contribution in [1.29, 1.82) is 0 Å². The van der Waals surface area contributed by atoms with Gasteiger partial charge in [-0.3, -0.25) is 4.79 Å². The fourth-order valence-corrected chi connectivity index (χ4v) is 3.29. The quantitative estimate of drug-likeness (QED) is 0.390. The SMILES string of the molecule is CC/C=C\C/C=C\C[C@H](O)/C=C/[C@@H]1[C@@H](C/C=C\CCC(=O)O)[C@@H](O)C[C@H]1O. The molecule has 0 aliphatic heterocycles. The Kier molecular flexibility index (Phi) is 11.7. The summed E-state index contributed by atoms with van der Waals surface area (Å²) in [5, 5.41) is 39.1. The average Bonchev–Trinajstić information content (AvgIpc) is 2.88. The number of allylic oxidation sites excluding steroid dienone is 5. The van der Waals surface area contributed by atoms with E-state index in [0.717, 1.165) is 12.8 Å². The highest BCUT2D eigenvalue weighted by Gasteiger charge is 2.39. The molecule has 0 bridgehead atoms. The van der Waals surface area contributed by atoms with Gasteiger partial charge in [0.25, 0.3) is 0 Å². The third kappa shape index (κ3) is 9.70. The van der Waals surface area contributed by atoms with Crippen molar-refractivity contribution in [3.8, 4) is 0 Å². The maximum Gasteiger partial charge on any atom is 0.303 e. The summed E-state index contributed by atoms with van der Waals surface area (Å²) >= 11 is 0. The summed E-state index contributed by atoms with van der Waals surface area (Å²) < 4.78 is 0. The normalized spacial score (nSPS) is 27.6. The van der Waals surface area contributed by atoms with Crippen LogP contribution >= 0.6 is 0 Å². The lowest BCUT2D eigenvalue weighted by Gasteiger charge is -2.19. The van der Waals surface area contributed by atoms with E-state index in [1.165, 1.54) is 0 Å². The molecule has 1 fully saturated rings. The van der Waals surface area contributed by atoms with E-state index in [2.05, 4.69) is 19.1 Å². The van der Waals surface area contributed by atoms with E-state index >= 15 is 0 Å². The van der Waals surface area contributed by atoms with E-state index in [1.807, 2.05) is 24.3 Å². The Hall–Kier alpha value is -1.69. The Morgan fingerprint density at radius 2 is 1.81 bits per heavy atom. The number of carbonyl (C=O) groups is 1. The molecule has 4 N–H and O–H groups in total. The fourth-order valence-electron chi connectivity index (χ4n) is 3.29. The lowest BCUT2D eigenvalue weighted by molar-refractivity contribution is -0.136. The van der Waals surface area contributed by atoms with Gasteiger partial charge in [0, 0.05) is 18.8 Å². The van der Waals surface area contributed by atoms with E-state index in [1.54, 1.807) is 12.2 Å². The van der Waals surface area contributed by atoms with Crippen LogP contribution in [0.25, 0.3) is 0 Å². The second-order valence-corrected chi connectivity index (χ2v) is 7.03. The predicted octanol–water partition coefficient (Wildman–Crippen LogP) is 3.38. The van der Waals surface area contributed by atoms with Crippen molar-refractivity contribution in [2.24, 2.45) is 11.8 Å². The zero-order chi connectivity index (χ0) is 20.1. The fraction of sp³-hybridized carbons (Fsp3) is 0.591. The van der Waals surface area contributed by atoms with Crippen molar-refractivity contribution in [3.63, 3.8) is 0 Å². The zero-order valence-electron chi connectivity index (χ0n) is 16.2. The molecule has 0 aromatic heterocycles. The number of carboxylic acid groups (broad SMARTS) is 1. The Balaban J connectivity index is 2.49. The van der Waals surface area contributed by atoms with Crippen molar-refractivity contribution in [2.45, 2.75) is 70.2 Å². The summed E-state index contributed by atoms with van der Waals surface area (Å²) in [6, 6.07) is 0. The smallest absolute Gasteiger partial charge is 0.303 e. The van der Waals surface area contributed by atoms with E-state index in [4.69, 9.17) is 5.11 Å². The average molecular weight is 379 g/mol. The van der Waals surface area contributed by atoms with Gasteiger partial charge in [-0.1, -0.05) is 55.5 Å². The van der Waals surface area contributed by atoms with Crippen molar-refractivity contribution >= 4 is 5.97 Å². The first kappa shape index (κ1) is 23.3. The van der Waals surface area contributed by atoms with Gasteiger partial charge in [0.15, 0.2) is 0 Å². The van der Waals surface area contributed by atoms with Crippen molar-refractivity contribution < 1.29 is 25.2 Å². The van der Waals surface area contributed by atoms with Crippen LogP contribution in [0.4, 0.5) is 0 Å². The molecule has 5 nitrogen and oxygen atoms in total. The van der Waals surface area contributed by atoms with Gasteiger partial charge in [0.1, 0.15) is 0 Å². The summed E-state index contributed by atoms with van der Waals surface area (Å²) in [6.45, 7) is 2.09. The number of aliphatic hydroxyl groups is 3. The van der Waals surface area contributed by atoms with Crippen LogP contribution in [0.1, 0.15) is 51.9 Å². The van der Waals surface area contributed by atoms with Gasteiger partial charge in [-0.25, -0.2) is 0 Å². The van der Waals surface area contributed by atoms with Crippen molar-refractivity contribution in [2.75, 3.05) is 0 Å². The molecule has 1 aliphatic rings. The van der Waals surface area contributed by atoms with Crippen LogP contribution in [0.3, 0.4) is 0 Å². The van der Waals surface area contributed by atoms with Crippen LogP contribution in [0.2, 0.25) is 0 Å². The molecule has 27 heavy (non-hydrogen) atoms. The summed E-state index contributed by atoms with van der Waals surface area (Å²) in [5.41, 5.74) is 0. The third-order valence-corrected chi connectivity index (χ3v) is 4.79. The number of aliphatic carboxylic acids is 1. The highest BCUT2D eigenvalue weighted by atomic mass is 16.4. The molecule has 0 heterocycles.